The van der Waals surface area contributed by atoms with Crippen LogP contribution >= 0.6 is 11.3 Å². The predicted octanol–water partition coefficient (Wildman–Crippen LogP) is 13.7. The van der Waals surface area contributed by atoms with Gasteiger partial charge < -0.3 is 13.9 Å². The van der Waals surface area contributed by atoms with Crippen LogP contribution in [-0.2, 0) is 0 Å². The normalized spacial score (nSPS) is 12.0. The predicted molar refractivity (Wildman–Crippen MR) is 213 cm³/mol. The van der Waals surface area contributed by atoms with Crippen molar-refractivity contribution in [2.24, 2.45) is 0 Å². The molecule has 0 aliphatic heterocycles. The molecular formula is C46H28N2OS. The van der Waals surface area contributed by atoms with Gasteiger partial charge in [-0.1, -0.05) is 97.1 Å². The summed E-state index contributed by atoms with van der Waals surface area (Å²) in [6.45, 7) is 0. The third-order valence-corrected chi connectivity index (χ3v) is 11.3. The number of benzene rings is 8. The van der Waals surface area contributed by atoms with E-state index in [2.05, 4.69) is 173 Å². The lowest BCUT2D eigenvalue weighted by Crippen LogP contribution is -2.12. The van der Waals surface area contributed by atoms with Crippen molar-refractivity contribution in [1.82, 2.24) is 4.57 Å². The highest BCUT2D eigenvalue weighted by Gasteiger charge is 2.24. The van der Waals surface area contributed by atoms with Crippen LogP contribution in [0.2, 0.25) is 0 Å². The molecule has 11 rings (SSSR count). The third kappa shape index (κ3) is 3.97. The largest absolute Gasteiger partial charge is 0.456 e. The summed E-state index contributed by atoms with van der Waals surface area (Å²) in [6, 6.07) is 61.3. The zero-order chi connectivity index (χ0) is 32.8. The Hall–Kier alpha value is -6.36. The zero-order valence-corrected chi connectivity index (χ0v) is 27.7. The first kappa shape index (κ1) is 27.6. The van der Waals surface area contributed by atoms with Gasteiger partial charge in [0.15, 0.2) is 0 Å². The van der Waals surface area contributed by atoms with E-state index in [1.807, 2.05) is 17.4 Å². The Labute approximate surface area is 291 Å². The molecule has 0 amide bonds. The van der Waals surface area contributed by atoms with Gasteiger partial charge in [0.2, 0.25) is 0 Å². The molecule has 0 fully saturated rings. The van der Waals surface area contributed by atoms with E-state index in [9.17, 15) is 0 Å². The smallest absolute Gasteiger partial charge is 0.137 e. The van der Waals surface area contributed by atoms with Crippen molar-refractivity contribution in [3.05, 3.63) is 170 Å². The molecule has 0 atom stereocenters. The number of furan rings is 1. The molecule has 0 N–H and O–H groups in total. The standard InChI is InChI=1S/C46H28N2OS/c1-2-12-31(13-3-1)48-38-18-7-4-14-33(38)35-17-10-20-40(46(35)48)47(39-19-11-22-42-45(39)36-16-5-8-21-41(36)49-42)32-25-24-29-27-37-34-15-6-9-23-43(34)50-44(37)28-30(29)26-32/h1-28H. The summed E-state index contributed by atoms with van der Waals surface area (Å²) >= 11 is 1.86. The van der Waals surface area contributed by atoms with Gasteiger partial charge in [-0.2, -0.15) is 0 Å². The Morgan fingerprint density at radius 3 is 2.10 bits per heavy atom. The molecule has 0 saturated carbocycles. The summed E-state index contributed by atoms with van der Waals surface area (Å²) in [7, 11) is 0. The van der Waals surface area contributed by atoms with Gasteiger partial charge in [-0.3, -0.25) is 0 Å². The fourth-order valence-electron chi connectivity index (χ4n) is 7.97. The van der Waals surface area contributed by atoms with E-state index in [4.69, 9.17) is 4.42 Å². The maximum atomic E-state index is 6.46. The van der Waals surface area contributed by atoms with E-state index in [0.717, 1.165) is 50.2 Å². The second-order valence-electron chi connectivity index (χ2n) is 12.9. The monoisotopic (exact) mass is 656 g/mol. The Bertz CT molecular complexity index is 3110. The van der Waals surface area contributed by atoms with Crippen molar-refractivity contribution in [3.8, 4) is 5.69 Å². The first-order valence-corrected chi connectivity index (χ1v) is 17.7. The summed E-state index contributed by atoms with van der Waals surface area (Å²) in [5.74, 6) is 0. The average Bonchev–Trinajstić information content (AvgIpc) is 3.84. The molecule has 0 unspecified atom stereocenters. The number of fused-ring (bicyclic) bond motifs is 10. The highest BCUT2D eigenvalue weighted by Crippen LogP contribution is 2.48. The minimum atomic E-state index is 0.872. The number of aromatic nitrogens is 1. The van der Waals surface area contributed by atoms with Crippen molar-refractivity contribution in [2.75, 3.05) is 4.90 Å². The van der Waals surface area contributed by atoms with Crippen LogP contribution in [0.3, 0.4) is 0 Å². The molecule has 0 aliphatic rings. The summed E-state index contributed by atoms with van der Waals surface area (Å²) in [5.41, 5.74) is 8.49. The fraction of sp³-hybridized carbons (Fsp3) is 0. The molecule has 4 heteroatoms. The number of hydrogen-bond acceptors (Lipinski definition) is 3. The molecule has 11 aromatic rings. The lowest BCUT2D eigenvalue weighted by atomic mass is 10.0. The van der Waals surface area contributed by atoms with Crippen LogP contribution in [0.5, 0.6) is 0 Å². The van der Waals surface area contributed by atoms with Crippen LogP contribution in [0.25, 0.3) is 80.4 Å². The minimum Gasteiger partial charge on any atom is -0.456 e. The highest BCUT2D eigenvalue weighted by atomic mass is 32.1. The number of anilines is 3. The molecule has 50 heavy (non-hydrogen) atoms. The molecule has 3 aromatic heterocycles. The van der Waals surface area contributed by atoms with Crippen LogP contribution in [-0.4, -0.2) is 4.57 Å². The van der Waals surface area contributed by atoms with Gasteiger partial charge in [0.25, 0.3) is 0 Å². The van der Waals surface area contributed by atoms with E-state index in [0.29, 0.717) is 0 Å². The first-order valence-electron chi connectivity index (χ1n) is 16.9. The van der Waals surface area contributed by atoms with Crippen molar-refractivity contribution in [1.29, 1.82) is 0 Å². The van der Waals surface area contributed by atoms with Crippen LogP contribution in [0, 0.1) is 0 Å². The van der Waals surface area contributed by atoms with Gasteiger partial charge in [0, 0.05) is 47.7 Å². The summed E-state index contributed by atoms with van der Waals surface area (Å²) < 4.78 is 11.5. The Morgan fingerprint density at radius 1 is 0.460 bits per heavy atom. The number of para-hydroxylation sites is 4. The van der Waals surface area contributed by atoms with Gasteiger partial charge in [0.05, 0.1) is 27.8 Å². The minimum absolute atomic E-state index is 0.872. The maximum Gasteiger partial charge on any atom is 0.137 e. The highest BCUT2D eigenvalue weighted by molar-refractivity contribution is 7.25. The van der Waals surface area contributed by atoms with Crippen LogP contribution in [0.15, 0.2) is 174 Å². The quantitative estimate of drug-likeness (QED) is 0.188. The van der Waals surface area contributed by atoms with Gasteiger partial charge in [-0.15, -0.1) is 11.3 Å². The molecule has 3 nitrogen and oxygen atoms in total. The number of nitrogens with zero attached hydrogens (tertiary/aromatic N) is 2. The van der Waals surface area contributed by atoms with Crippen molar-refractivity contribution >= 4 is 103 Å². The Balaban J connectivity index is 1.26. The Morgan fingerprint density at radius 2 is 1.18 bits per heavy atom. The van der Waals surface area contributed by atoms with E-state index in [-0.39, 0.29) is 0 Å². The van der Waals surface area contributed by atoms with E-state index >= 15 is 0 Å². The van der Waals surface area contributed by atoms with Gasteiger partial charge in [-0.05, 0) is 83.6 Å². The van der Waals surface area contributed by atoms with Crippen LogP contribution < -0.4 is 4.90 Å². The molecule has 0 bridgehead atoms. The third-order valence-electron chi connectivity index (χ3n) is 10.1. The second kappa shape index (κ2) is 10.6. The SMILES string of the molecule is c1ccc(-n2c3ccccc3c3cccc(N(c4ccc5cc6c(cc5c4)sc4ccccc46)c4cccc5oc6ccccc6c45)c32)cc1. The number of thiophene rings is 1. The van der Waals surface area contributed by atoms with E-state index in [1.54, 1.807) is 0 Å². The topological polar surface area (TPSA) is 21.3 Å². The molecule has 3 heterocycles. The molecule has 0 saturated heterocycles. The molecule has 0 spiro atoms. The van der Waals surface area contributed by atoms with E-state index in [1.165, 1.54) is 47.2 Å². The first-order chi connectivity index (χ1) is 24.8. The summed E-state index contributed by atoms with van der Waals surface area (Å²) in [5, 5.41) is 9.72. The van der Waals surface area contributed by atoms with Crippen molar-refractivity contribution in [2.45, 2.75) is 0 Å². The van der Waals surface area contributed by atoms with Crippen molar-refractivity contribution in [3.63, 3.8) is 0 Å². The van der Waals surface area contributed by atoms with Crippen molar-refractivity contribution < 1.29 is 4.42 Å². The summed E-state index contributed by atoms with van der Waals surface area (Å²) in [4.78, 5) is 2.44. The van der Waals surface area contributed by atoms with Gasteiger partial charge in [0.1, 0.15) is 11.2 Å². The van der Waals surface area contributed by atoms with Gasteiger partial charge >= 0.3 is 0 Å². The Kier molecular flexibility index (Phi) is 5.83. The molecule has 0 aliphatic carbocycles. The lowest BCUT2D eigenvalue weighted by molar-refractivity contribution is 0.669. The van der Waals surface area contributed by atoms with Crippen LogP contribution in [0.1, 0.15) is 0 Å². The lowest BCUT2D eigenvalue weighted by Gasteiger charge is -2.28. The number of rotatable bonds is 4. The second-order valence-corrected chi connectivity index (χ2v) is 14.0. The zero-order valence-electron chi connectivity index (χ0n) is 26.9. The average molecular weight is 657 g/mol. The summed E-state index contributed by atoms with van der Waals surface area (Å²) in [6.07, 6.45) is 0. The van der Waals surface area contributed by atoms with E-state index < -0.39 is 0 Å². The maximum absolute atomic E-state index is 6.46. The fourth-order valence-corrected chi connectivity index (χ4v) is 9.11. The molecule has 0 radical (unpaired) electrons. The number of hydrogen-bond donors (Lipinski definition) is 0. The molecule has 8 aromatic carbocycles. The van der Waals surface area contributed by atoms with Crippen LogP contribution in [0.4, 0.5) is 17.1 Å². The molecule has 234 valence electrons. The van der Waals surface area contributed by atoms with Gasteiger partial charge in [-0.25, -0.2) is 0 Å². The molecular weight excluding hydrogens is 629 g/mol.